The summed E-state index contributed by atoms with van der Waals surface area (Å²) in [4.78, 5) is 12.5. The van der Waals surface area contributed by atoms with Gasteiger partial charge in [0.25, 0.3) is 5.91 Å². The maximum Gasteiger partial charge on any atom is 0.278 e. The monoisotopic (exact) mass is 394 g/mol. The van der Waals surface area contributed by atoms with Crippen LogP contribution < -0.4 is 10.1 Å². The Morgan fingerprint density at radius 3 is 2.65 bits per heavy atom. The van der Waals surface area contributed by atoms with Crippen molar-refractivity contribution >= 4 is 34.8 Å². The lowest BCUT2D eigenvalue weighted by molar-refractivity contribution is 0.101. The van der Waals surface area contributed by atoms with E-state index in [9.17, 15) is 9.18 Å². The first-order chi connectivity index (χ1) is 12.4. The van der Waals surface area contributed by atoms with Gasteiger partial charge in [-0.15, -0.1) is 0 Å². The summed E-state index contributed by atoms with van der Waals surface area (Å²) in [5, 5.41) is 7.20. The Labute approximate surface area is 158 Å². The van der Waals surface area contributed by atoms with E-state index < -0.39 is 5.91 Å². The first-order valence-electron chi connectivity index (χ1n) is 7.54. The van der Waals surface area contributed by atoms with Gasteiger partial charge >= 0.3 is 0 Å². The molecule has 0 saturated carbocycles. The maximum atomic E-state index is 12.9. The molecule has 3 rings (SSSR count). The van der Waals surface area contributed by atoms with Gasteiger partial charge in [0.2, 0.25) is 0 Å². The predicted octanol–water partition coefficient (Wildman–Crippen LogP) is 5.26. The Morgan fingerprint density at radius 2 is 1.96 bits per heavy atom. The van der Waals surface area contributed by atoms with E-state index in [1.54, 1.807) is 19.1 Å². The second-order valence-corrected chi connectivity index (χ2v) is 6.23. The Morgan fingerprint density at radius 1 is 1.23 bits per heavy atom. The van der Waals surface area contributed by atoms with Crippen LogP contribution in [0.2, 0.25) is 10.0 Å². The summed E-state index contributed by atoms with van der Waals surface area (Å²) < 4.78 is 23.6. The second-order valence-electron chi connectivity index (χ2n) is 5.39. The number of aromatic nitrogens is 1. The van der Waals surface area contributed by atoms with Crippen LogP contribution in [0.15, 0.2) is 47.0 Å². The smallest absolute Gasteiger partial charge is 0.278 e. The fourth-order valence-electron chi connectivity index (χ4n) is 2.20. The van der Waals surface area contributed by atoms with Crippen LogP contribution in [0.25, 0.3) is 0 Å². The lowest BCUT2D eigenvalue weighted by Gasteiger charge is -2.08. The highest BCUT2D eigenvalue weighted by molar-refractivity contribution is 6.36. The first-order valence-corrected chi connectivity index (χ1v) is 8.29. The molecular formula is C18H13Cl2FN2O3. The van der Waals surface area contributed by atoms with Crippen molar-refractivity contribution in [1.29, 1.82) is 0 Å². The van der Waals surface area contributed by atoms with Crippen molar-refractivity contribution in [3.63, 3.8) is 0 Å². The molecule has 0 aliphatic rings. The van der Waals surface area contributed by atoms with Gasteiger partial charge in [0.15, 0.2) is 5.69 Å². The van der Waals surface area contributed by atoms with Crippen LogP contribution in [-0.2, 0) is 6.61 Å². The highest BCUT2D eigenvalue weighted by atomic mass is 35.5. The molecule has 134 valence electrons. The van der Waals surface area contributed by atoms with Crippen LogP contribution in [-0.4, -0.2) is 11.1 Å². The number of halogens is 3. The van der Waals surface area contributed by atoms with Gasteiger partial charge in [-0.3, -0.25) is 4.79 Å². The van der Waals surface area contributed by atoms with Crippen LogP contribution in [0, 0.1) is 12.7 Å². The van der Waals surface area contributed by atoms with Gasteiger partial charge in [-0.1, -0.05) is 28.4 Å². The minimum atomic E-state index is -0.497. The third-order valence-electron chi connectivity index (χ3n) is 3.58. The molecule has 0 aliphatic carbocycles. The van der Waals surface area contributed by atoms with Crippen LogP contribution >= 0.6 is 23.2 Å². The van der Waals surface area contributed by atoms with E-state index in [1.165, 1.54) is 30.3 Å². The summed E-state index contributed by atoms with van der Waals surface area (Å²) in [6.45, 7) is 1.71. The highest BCUT2D eigenvalue weighted by Gasteiger charge is 2.21. The summed E-state index contributed by atoms with van der Waals surface area (Å²) in [5.41, 5.74) is 0.958. The summed E-state index contributed by atoms with van der Waals surface area (Å²) in [6, 6.07) is 10.3. The van der Waals surface area contributed by atoms with Gasteiger partial charge in [-0.2, -0.15) is 0 Å². The van der Waals surface area contributed by atoms with Gasteiger partial charge in [0, 0.05) is 5.02 Å². The summed E-state index contributed by atoms with van der Waals surface area (Å²) in [5.74, 6) is 0.0424. The number of hydrogen-bond donors (Lipinski definition) is 1. The van der Waals surface area contributed by atoms with Crippen LogP contribution in [0.3, 0.4) is 0 Å². The third kappa shape index (κ3) is 4.15. The number of benzene rings is 2. The number of hydrogen-bond acceptors (Lipinski definition) is 4. The second kappa shape index (κ2) is 7.76. The maximum absolute atomic E-state index is 12.9. The zero-order valence-corrected chi connectivity index (χ0v) is 15.1. The van der Waals surface area contributed by atoms with Crippen molar-refractivity contribution in [2.75, 3.05) is 5.32 Å². The molecule has 1 N–H and O–H groups in total. The number of anilines is 1. The molecule has 5 nitrogen and oxygen atoms in total. The van der Waals surface area contributed by atoms with Gasteiger partial charge in [-0.05, 0) is 49.4 Å². The molecule has 0 radical (unpaired) electrons. The molecular weight excluding hydrogens is 382 g/mol. The molecule has 26 heavy (non-hydrogen) atoms. The average molecular weight is 395 g/mol. The summed E-state index contributed by atoms with van der Waals surface area (Å²) >= 11 is 11.9. The molecule has 8 heteroatoms. The number of nitrogens with one attached hydrogen (secondary N) is 1. The number of ether oxygens (including phenoxy) is 1. The SMILES string of the molecule is Cc1onc(C(=O)Nc2ccc(Cl)cc2Cl)c1COc1ccc(F)cc1. The molecule has 0 bridgehead atoms. The molecule has 1 aromatic heterocycles. The van der Waals surface area contributed by atoms with E-state index in [2.05, 4.69) is 10.5 Å². The van der Waals surface area contributed by atoms with E-state index in [1.807, 2.05) is 0 Å². The first kappa shape index (κ1) is 18.2. The quantitative estimate of drug-likeness (QED) is 0.640. The fraction of sp³-hybridized carbons (Fsp3) is 0.111. The Balaban J connectivity index is 1.76. The number of carbonyl (C=O) groups is 1. The highest BCUT2D eigenvalue weighted by Crippen LogP contribution is 2.26. The van der Waals surface area contributed by atoms with Crippen molar-refractivity contribution < 1.29 is 18.4 Å². The zero-order chi connectivity index (χ0) is 18.7. The zero-order valence-electron chi connectivity index (χ0n) is 13.6. The number of nitrogens with zero attached hydrogens (tertiary/aromatic N) is 1. The molecule has 0 aliphatic heterocycles. The topological polar surface area (TPSA) is 64.4 Å². The number of amides is 1. The molecule has 1 amide bonds. The van der Waals surface area contributed by atoms with Crippen molar-refractivity contribution in [1.82, 2.24) is 5.16 Å². The molecule has 2 aromatic carbocycles. The van der Waals surface area contributed by atoms with Crippen LogP contribution in [0.5, 0.6) is 5.75 Å². The Kier molecular flexibility index (Phi) is 5.44. The normalized spacial score (nSPS) is 10.6. The van der Waals surface area contributed by atoms with Gasteiger partial charge in [0.1, 0.15) is 23.9 Å². The molecule has 0 atom stereocenters. The van der Waals surface area contributed by atoms with Crippen molar-refractivity contribution in [3.8, 4) is 5.75 Å². The third-order valence-corrected chi connectivity index (χ3v) is 4.12. The van der Waals surface area contributed by atoms with Gasteiger partial charge in [0.05, 0.1) is 16.3 Å². The number of rotatable bonds is 5. The standard InChI is InChI=1S/C18H13Cl2FN2O3/c1-10-14(9-25-13-5-3-12(21)4-6-13)17(23-26-10)18(24)22-16-7-2-11(19)8-15(16)20/h2-8H,9H2,1H3,(H,22,24). The van der Waals surface area contributed by atoms with Crippen LogP contribution in [0.4, 0.5) is 10.1 Å². The number of aryl methyl sites for hydroxylation is 1. The number of carbonyl (C=O) groups excluding carboxylic acids is 1. The minimum absolute atomic E-state index is 0.0398. The van der Waals surface area contributed by atoms with E-state index in [0.29, 0.717) is 32.8 Å². The minimum Gasteiger partial charge on any atom is -0.489 e. The van der Waals surface area contributed by atoms with Gasteiger partial charge < -0.3 is 14.6 Å². The Bertz CT molecular complexity index is 942. The predicted molar refractivity (Wildman–Crippen MR) is 96.4 cm³/mol. The lowest BCUT2D eigenvalue weighted by atomic mass is 10.2. The van der Waals surface area contributed by atoms with E-state index in [-0.39, 0.29) is 18.1 Å². The van der Waals surface area contributed by atoms with Crippen molar-refractivity contribution in [3.05, 3.63) is 75.3 Å². The summed E-state index contributed by atoms with van der Waals surface area (Å²) in [7, 11) is 0. The van der Waals surface area contributed by atoms with E-state index in [0.717, 1.165) is 0 Å². The molecule has 1 heterocycles. The van der Waals surface area contributed by atoms with E-state index >= 15 is 0 Å². The van der Waals surface area contributed by atoms with Crippen molar-refractivity contribution in [2.45, 2.75) is 13.5 Å². The molecule has 0 spiro atoms. The summed E-state index contributed by atoms with van der Waals surface area (Å²) in [6.07, 6.45) is 0. The van der Waals surface area contributed by atoms with Crippen LogP contribution in [0.1, 0.15) is 21.8 Å². The van der Waals surface area contributed by atoms with Crippen molar-refractivity contribution in [2.24, 2.45) is 0 Å². The Hall–Kier alpha value is -2.57. The molecule has 3 aromatic rings. The fourth-order valence-corrected chi connectivity index (χ4v) is 2.65. The molecule has 0 fully saturated rings. The largest absolute Gasteiger partial charge is 0.489 e. The molecule has 0 saturated heterocycles. The van der Waals surface area contributed by atoms with Gasteiger partial charge in [-0.25, -0.2) is 4.39 Å². The van der Waals surface area contributed by atoms with E-state index in [4.69, 9.17) is 32.5 Å². The lowest BCUT2D eigenvalue weighted by Crippen LogP contribution is -2.15. The molecule has 0 unspecified atom stereocenters. The average Bonchev–Trinajstić information content (AvgIpc) is 2.98.